The van der Waals surface area contributed by atoms with Crippen LogP contribution in [0.4, 0.5) is 0 Å². The van der Waals surface area contributed by atoms with Crippen LogP contribution in [0.15, 0.2) is 72.9 Å². The number of hydrogen-bond donors (Lipinski definition) is 15. The molecule has 4 aliphatic rings. The molecule has 4 aliphatic heterocycles. The molecule has 0 spiro atoms. The van der Waals surface area contributed by atoms with Gasteiger partial charge in [-0.2, -0.15) is 5.10 Å². The van der Waals surface area contributed by atoms with E-state index in [0.29, 0.717) is 27.8 Å². The molecule has 0 bridgehead atoms. The van der Waals surface area contributed by atoms with Crippen molar-refractivity contribution in [1.29, 1.82) is 0 Å². The molecule has 35 heteroatoms. The Kier molecular flexibility index (Phi) is 25.2. The number of likely N-dealkylation sites (tertiary alicyclic amines) is 1. The first-order chi connectivity index (χ1) is 46.4. The number of nitrogens with one attached hydrogen (secondary N) is 5. The number of fused-ring (bicyclic) bond motifs is 3. The quantitative estimate of drug-likeness (QED) is 0.0163. The number of amides is 8. The number of aromatic nitrogens is 3. The van der Waals surface area contributed by atoms with Crippen LogP contribution in [0, 0.1) is 5.92 Å². The summed E-state index contributed by atoms with van der Waals surface area (Å²) in [6, 6.07) is 4.37. The highest BCUT2D eigenvalue weighted by atomic mass is 32.2. The molecule has 0 radical (unpaired) electrons. The zero-order valence-corrected chi connectivity index (χ0v) is 54.5. The maximum atomic E-state index is 14.7. The second kappa shape index (κ2) is 33.4. The highest BCUT2D eigenvalue weighted by Gasteiger charge is 2.50. The number of phenolic OH excluding ortho intramolecular Hbond substituents is 1. The number of carbonyl (C=O) groups is 8. The molecular formula is C62H80N12O21S2. The van der Waals surface area contributed by atoms with Gasteiger partial charge in [0.2, 0.25) is 46.3 Å². The van der Waals surface area contributed by atoms with Crippen molar-refractivity contribution in [3.05, 3.63) is 84.1 Å². The van der Waals surface area contributed by atoms with Gasteiger partial charge in [0.05, 0.1) is 55.4 Å². The minimum absolute atomic E-state index is 0.00967. The monoisotopic (exact) mass is 1390 g/mol. The van der Waals surface area contributed by atoms with E-state index in [1.807, 2.05) is 24.3 Å². The zero-order chi connectivity index (χ0) is 69.8. The highest BCUT2D eigenvalue weighted by Crippen LogP contribution is 2.35. The van der Waals surface area contributed by atoms with Crippen molar-refractivity contribution < 1.29 is 103 Å². The summed E-state index contributed by atoms with van der Waals surface area (Å²) in [6.45, 7) is 4.84. The smallest absolute Gasteiger partial charge is 0.261 e. The van der Waals surface area contributed by atoms with Gasteiger partial charge in [-0.05, 0) is 113 Å². The average Bonchev–Trinajstić information content (AvgIpc) is 1.73. The summed E-state index contributed by atoms with van der Waals surface area (Å²) in [5.74, 6) is -11.2. The van der Waals surface area contributed by atoms with E-state index in [0.717, 1.165) is 72.0 Å². The number of aliphatic hydroxyl groups is 7. The lowest BCUT2D eigenvalue weighted by Gasteiger charge is -2.34. The maximum Gasteiger partial charge on any atom is 0.261 e. The van der Waals surface area contributed by atoms with Gasteiger partial charge in [-0.25, -0.2) is 14.8 Å². The van der Waals surface area contributed by atoms with Crippen LogP contribution in [0.1, 0.15) is 93.7 Å². The van der Waals surface area contributed by atoms with E-state index in [2.05, 4.69) is 40.9 Å². The standard InChI is InChI=1S/C62H80N12O21S2/c1-31-28-73-50(51(31)81)58(88)64-27-37(76)24-40(65-54(84)34-11-9-33(10-12-34)41-30-74-62(66-41)96-59(70-74)35-13-16-39(17-14-35)92-22-8-4-7-21-71-19-5-3-6-20-71)55(85)67-47(32(2)75)60(89)72-29-38(77)25-42(72)56(86)69-49(57(87)68-48(61(73)90)44(79)26-46(63)80)53(83)52(82)36-15-18-43(78)45(23-36)93-97-95-94-91/h9-18,23,30-32,37-38,40,42,44,47-53,75-79,81-83,91H,3-8,19-22,24-29H2,1-2H3,(H2,63,80)(H,64,88)(H,65,84)(H,67,85)(H,68,87)(H,69,86)/t31?,32?,37?,38?,40-,42?,44?,47?,48?,49?,50?,51?,52?,53?/m0/s1. The molecule has 0 aliphatic carbocycles. The van der Waals surface area contributed by atoms with Crippen LogP contribution < -0.4 is 41.2 Å². The highest BCUT2D eigenvalue weighted by molar-refractivity contribution is 7.90. The molecule has 14 atom stereocenters. The Morgan fingerprint density at radius 3 is 2.18 bits per heavy atom. The lowest BCUT2D eigenvalue weighted by molar-refractivity contribution is -0.433. The fourth-order valence-corrected chi connectivity index (χ4v) is 13.3. The Labute approximate surface area is 563 Å². The summed E-state index contributed by atoms with van der Waals surface area (Å²) in [7, 11) is 0. The average molecular weight is 1390 g/mol. The van der Waals surface area contributed by atoms with Crippen LogP contribution in [0.5, 0.6) is 17.2 Å². The van der Waals surface area contributed by atoms with E-state index < -0.39 is 183 Å². The number of carbonyl (C=O) groups excluding carboxylic acids is 8. The number of hydrogen-bond acceptors (Lipinski definition) is 26. The number of aromatic hydroxyl groups is 1. The second-order valence-corrected chi connectivity index (χ2v) is 25.9. The third-order valence-corrected chi connectivity index (χ3v) is 18.7. The molecule has 33 nitrogen and oxygen atoms in total. The first-order valence-electron chi connectivity index (χ1n) is 31.6. The molecule has 0 saturated carbocycles. The molecule has 6 heterocycles. The van der Waals surface area contributed by atoms with Crippen molar-refractivity contribution in [3.8, 4) is 39.1 Å². The largest absolute Gasteiger partial charge is 0.504 e. The van der Waals surface area contributed by atoms with Gasteiger partial charge in [0.25, 0.3) is 18.2 Å². The Bertz CT molecular complexity index is 3550. The van der Waals surface area contributed by atoms with Gasteiger partial charge in [-0.1, -0.05) is 52.3 Å². The van der Waals surface area contributed by atoms with E-state index in [4.69, 9.17) is 30.0 Å². The van der Waals surface area contributed by atoms with Crippen molar-refractivity contribution in [2.75, 3.05) is 45.9 Å². The second-order valence-electron chi connectivity index (χ2n) is 24.5. The molecule has 3 aromatic carbocycles. The fraction of sp³-hybridized carbons (Fsp3) is 0.516. The zero-order valence-electron chi connectivity index (χ0n) is 52.8. The van der Waals surface area contributed by atoms with Gasteiger partial charge in [-0.3, -0.25) is 38.4 Å². The summed E-state index contributed by atoms with van der Waals surface area (Å²) in [5, 5.41) is 120. The number of benzene rings is 3. The minimum atomic E-state index is -2.53. The number of aliphatic hydroxyl groups excluding tert-OH is 7. The predicted octanol–water partition coefficient (Wildman–Crippen LogP) is -1.46. The molecule has 13 unspecified atom stereocenters. The molecule has 8 amide bonds. The molecule has 2 aromatic heterocycles. The van der Waals surface area contributed by atoms with Gasteiger partial charge < -0.3 is 96.8 Å². The molecule has 5 aromatic rings. The van der Waals surface area contributed by atoms with Crippen LogP contribution >= 0.6 is 23.7 Å². The normalized spacial score (nSPS) is 25.5. The third kappa shape index (κ3) is 18.3. The van der Waals surface area contributed by atoms with Crippen molar-refractivity contribution in [3.63, 3.8) is 0 Å². The van der Waals surface area contributed by atoms with Gasteiger partial charge in [0.1, 0.15) is 59.2 Å². The lowest BCUT2D eigenvalue weighted by Crippen LogP contribution is -2.64. The van der Waals surface area contributed by atoms with Gasteiger partial charge in [-0.15, -0.1) is 0 Å². The van der Waals surface area contributed by atoms with E-state index >= 15 is 0 Å². The number of nitrogens with two attached hydrogens (primary N) is 1. The number of unbranched alkanes of at least 4 members (excludes halogenated alkanes) is 2. The molecular weight excluding hydrogens is 1310 g/mol. The first kappa shape index (κ1) is 73.1. The van der Waals surface area contributed by atoms with Crippen LogP contribution in [0.3, 0.4) is 0 Å². The minimum Gasteiger partial charge on any atom is -0.504 e. The van der Waals surface area contributed by atoms with Crippen molar-refractivity contribution in [2.45, 2.75) is 151 Å². The number of piperidine rings is 1. The van der Waals surface area contributed by atoms with E-state index in [1.165, 1.54) is 62.7 Å². The third-order valence-electron chi connectivity index (χ3n) is 17.4. The number of rotatable bonds is 22. The molecule has 16 N–H and O–H groups in total. The Hall–Kier alpha value is -8.17. The van der Waals surface area contributed by atoms with Gasteiger partial charge >= 0.3 is 0 Å². The van der Waals surface area contributed by atoms with E-state index in [9.17, 15) is 79.2 Å². The summed E-state index contributed by atoms with van der Waals surface area (Å²) in [5.41, 5.74) is 6.99. The van der Waals surface area contributed by atoms with Crippen molar-refractivity contribution in [1.82, 2.24) is 55.9 Å². The molecule has 9 rings (SSSR count). The summed E-state index contributed by atoms with van der Waals surface area (Å²) >= 11 is 1.34. The van der Waals surface area contributed by atoms with Crippen LogP contribution in [0.2, 0.25) is 0 Å². The Morgan fingerprint density at radius 1 is 0.794 bits per heavy atom. The maximum absolute atomic E-state index is 14.7. The lowest BCUT2D eigenvalue weighted by atomic mass is 9.96. The molecule has 526 valence electrons. The summed E-state index contributed by atoms with van der Waals surface area (Å²) < 4.78 is 16.9. The number of β-amino-alcohol motifs (C(OH)–C–C–N with tert-alkyl or cyclic N) is 1. The Balaban J connectivity index is 0.945. The number of primary amides is 1. The van der Waals surface area contributed by atoms with Crippen LogP contribution in [-0.2, 0) is 42.9 Å². The van der Waals surface area contributed by atoms with Gasteiger partial charge in [0, 0.05) is 55.1 Å². The predicted molar refractivity (Wildman–Crippen MR) is 342 cm³/mol. The SMILES string of the molecule is CC(O)C1NC(=O)[C@@H](NC(=O)c2ccc(-c3cn4nc(-c5ccc(OCCCCCN6CCCCC6)cc5)sc4n3)cc2)CC(O)CNC(=O)C2C(O)C(C)CN2C(=O)C(C(O)CC(N)=O)NC(=O)C(C(O)C(O)c2ccc(O)c(OSOOO)c2)NC(=O)C2CC(O)CN2C1=O. The molecule has 97 heavy (non-hydrogen) atoms. The number of ether oxygens (including phenoxy) is 1. The van der Waals surface area contributed by atoms with Crippen LogP contribution in [-0.4, -0.2) is 241 Å². The summed E-state index contributed by atoms with van der Waals surface area (Å²) in [6.07, 6.45) is -7.33. The van der Waals surface area contributed by atoms with E-state index in [1.54, 1.807) is 22.8 Å². The Morgan fingerprint density at radius 2 is 1.48 bits per heavy atom. The molecule has 4 saturated heterocycles. The number of phenols is 1. The van der Waals surface area contributed by atoms with Gasteiger partial charge in [0.15, 0.2) is 11.5 Å². The first-order valence-corrected chi connectivity index (χ1v) is 33.1. The van der Waals surface area contributed by atoms with E-state index in [-0.39, 0.29) is 23.5 Å². The van der Waals surface area contributed by atoms with Crippen LogP contribution in [0.25, 0.3) is 26.8 Å². The summed E-state index contributed by atoms with van der Waals surface area (Å²) in [4.78, 5) is 123. The number of imidazole rings is 1. The molecule has 4 fully saturated rings. The fourth-order valence-electron chi connectivity index (χ4n) is 12.1. The topological polar surface area (TPSA) is 482 Å². The number of nitrogens with zero attached hydrogens (tertiary/aromatic N) is 6. The van der Waals surface area contributed by atoms with Crippen molar-refractivity contribution >= 4 is 75.9 Å². The van der Waals surface area contributed by atoms with Crippen molar-refractivity contribution in [2.24, 2.45) is 11.7 Å².